The van der Waals surface area contributed by atoms with Crippen LogP contribution in [0.1, 0.15) is 25.7 Å². The molecule has 0 aliphatic heterocycles. The van der Waals surface area contributed by atoms with Crippen molar-refractivity contribution in [3.8, 4) is 5.75 Å². The van der Waals surface area contributed by atoms with Crippen LogP contribution in [-0.2, 0) is 4.79 Å². The van der Waals surface area contributed by atoms with E-state index in [1.54, 1.807) is 6.07 Å². The number of Topliss-reactive ketones (excluding diaryl/α,β-unsaturated/α-hetero) is 1. The number of ether oxygens (including phenoxy) is 1. The summed E-state index contributed by atoms with van der Waals surface area (Å²) in [5.74, 6) is 0.366. The number of ketones is 1. The van der Waals surface area contributed by atoms with Crippen LogP contribution in [0.15, 0.2) is 22.7 Å². The van der Waals surface area contributed by atoms with E-state index in [0.29, 0.717) is 23.1 Å². The van der Waals surface area contributed by atoms with Crippen molar-refractivity contribution in [1.82, 2.24) is 0 Å². The van der Waals surface area contributed by atoms with Gasteiger partial charge in [0.15, 0.2) is 0 Å². The van der Waals surface area contributed by atoms with Crippen molar-refractivity contribution in [2.75, 3.05) is 0 Å². The van der Waals surface area contributed by atoms with E-state index in [0.717, 1.165) is 12.8 Å². The minimum Gasteiger partial charge on any atom is -0.490 e. The van der Waals surface area contributed by atoms with Gasteiger partial charge >= 0.3 is 0 Å². The summed E-state index contributed by atoms with van der Waals surface area (Å²) < 4.78 is 19.3. The van der Waals surface area contributed by atoms with Crippen molar-refractivity contribution in [2.24, 2.45) is 0 Å². The van der Waals surface area contributed by atoms with Crippen LogP contribution in [0.3, 0.4) is 0 Å². The first-order chi connectivity index (χ1) is 7.63. The van der Waals surface area contributed by atoms with Crippen LogP contribution in [-0.4, -0.2) is 11.9 Å². The summed E-state index contributed by atoms with van der Waals surface area (Å²) >= 11 is 3.20. The van der Waals surface area contributed by atoms with Crippen molar-refractivity contribution in [3.63, 3.8) is 0 Å². The van der Waals surface area contributed by atoms with Gasteiger partial charge in [-0.3, -0.25) is 4.79 Å². The Kier molecular flexibility index (Phi) is 3.59. The molecule has 0 N–H and O–H groups in total. The molecular formula is C12H12BrFO2. The van der Waals surface area contributed by atoms with Crippen LogP contribution in [0.5, 0.6) is 5.75 Å². The summed E-state index contributed by atoms with van der Waals surface area (Å²) in [5, 5.41) is 0. The Morgan fingerprint density at radius 3 is 2.88 bits per heavy atom. The number of rotatable bonds is 2. The van der Waals surface area contributed by atoms with E-state index in [1.165, 1.54) is 12.1 Å². The molecule has 1 aromatic carbocycles. The Morgan fingerprint density at radius 2 is 2.19 bits per heavy atom. The molecule has 0 spiro atoms. The minimum atomic E-state index is -0.341. The van der Waals surface area contributed by atoms with Gasteiger partial charge in [-0.1, -0.05) is 15.9 Å². The molecule has 1 aliphatic rings. The van der Waals surface area contributed by atoms with Crippen LogP contribution in [0.4, 0.5) is 4.39 Å². The smallest absolute Gasteiger partial charge is 0.136 e. The topological polar surface area (TPSA) is 26.3 Å². The molecule has 1 aromatic rings. The fourth-order valence-corrected chi connectivity index (χ4v) is 2.32. The normalized spacial score (nSPS) is 20.9. The summed E-state index contributed by atoms with van der Waals surface area (Å²) in [6, 6.07) is 4.42. The maximum absolute atomic E-state index is 13.1. The molecule has 0 saturated heterocycles. The quantitative estimate of drug-likeness (QED) is 0.832. The number of carbonyl (C=O) groups excluding carboxylic acids is 1. The first-order valence-corrected chi connectivity index (χ1v) is 6.07. The predicted molar refractivity (Wildman–Crippen MR) is 62.0 cm³/mol. The number of halogens is 2. The number of hydrogen-bond acceptors (Lipinski definition) is 2. The highest BCUT2D eigenvalue weighted by Crippen LogP contribution is 2.25. The van der Waals surface area contributed by atoms with Gasteiger partial charge in [0.05, 0.1) is 0 Å². The molecule has 1 aliphatic carbocycles. The highest BCUT2D eigenvalue weighted by atomic mass is 79.9. The molecule has 86 valence electrons. The lowest BCUT2D eigenvalue weighted by molar-refractivity contribution is -0.122. The molecule has 2 nitrogen and oxygen atoms in total. The van der Waals surface area contributed by atoms with E-state index < -0.39 is 0 Å². The second-order valence-electron chi connectivity index (χ2n) is 3.98. The summed E-state index contributed by atoms with van der Waals surface area (Å²) in [5.41, 5.74) is 0. The van der Waals surface area contributed by atoms with Gasteiger partial charge in [-0.05, 0) is 25.0 Å². The lowest BCUT2D eigenvalue weighted by atomic mass is 9.96. The van der Waals surface area contributed by atoms with Gasteiger partial charge in [0.1, 0.15) is 23.5 Å². The van der Waals surface area contributed by atoms with E-state index in [9.17, 15) is 9.18 Å². The molecule has 0 amide bonds. The largest absolute Gasteiger partial charge is 0.490 e. The number of hydrogen-bond donors (Lipinski definition) is 0. The third-order valence-corrected chi connectivity index (χ3v) is 3.03. The van der Waals surface area contributed by atoms with Crippen molar-refractivity contribution in [2.45, 2.75) is 31.8 Å². The zero-order chi connectivity index (χ0) is 11.5. The lowest BCUT2D eigenvalue weighted by Crippen LogP contribution is -2.25. The Balaban J connectivity index is 2.05. The summed E-state index contributed by atoms with van der Waals surface area (Å²) in [6.45, 7) is 0. The Hall–Kier alpha value is -0.900. The monoisotopic (exact) mass is 286 g/mol. The van der Waals surface area contributed by atoms with Gasteiger partial charge < -0.3 is 4.74 Å². The molecule has 1 saturated carbocycles. The van der Waals surface area contributed by atoms with Gasteiger partial charge in [-0.25, -0.2) is 4.39 Å². The fraction of sp³-hybridized carbons (Fsp3) is 0.417. The molecule has 0 radical (unpaired) electrons. The zero-order valence-corrected chi connectivity index (χ0v) is 10.3. The van der Waals surface area contributed by atoms with Gasteiger partial charge in [-0.15, -0.1) is 0 Å². The average molecular weight is 287 g/mol. The SMILES string of the molecule is O=C1CCCC(Oc2cc(F)cc(Br)c2)C1. The maximum atomic E-state index is 13.1. The molecule has 0 heterocycles. The minimum absolute atomic E-state index is 0.102. The van der Waals surface area contributed by atoms with Crippen LogP contribution >= 0.6 is 15.9 Å². The summed E-state index contributed by atoms with van der Waals surface area (Å²) in [4.78, 5) is 11.2. The lowest BCUT2D eigenvalue weighted by Gasteiger charge is -2.22. The van der Waals surface area contributed by atoms with Crippen LogP contribution in [0, 0.1) is 5.82 Å². The molecule has 0 aromatic heterocycles. The van der Waals surface area contributed by atoms with Crippen LogP contribution in [0.2, 0.25) is 0 Å². The Morgan fingerprint density at radius 1 is 1.38 bits per heavy atom. The van der Waals surface area contributed by atoms with E-state index in [1.807, 2.05) is 0 Å². The van der Waals surface area contributed by atoms with Gasteiger partial charge in [0.2, 0.25) is 0 Å². The van der Waals surface area contributed by atoms with Crippen LogP contribution in [0.25, 0.3) is 0 Å². The second-order valence-corrected chi connectivity index (χ2v) is 4.90. The van der Waals surface area contributed by atoms with Crippen molar-refractivity contribution >= 4 is 21.7 Å². The first kappa shape index (κ1) is 11.6. The van der Waals surface area contributed by atoms with Gasteiger partial charge in [-0.2, -0.15) is 0 Å². The number of benzene rings is 1. The summed E-state index contributed by atoms with van der Waals surface area (Å²) in [6.07, 6.45) is 2.70. The molecule has 1 atom stereocenters. The highest BCUT2D eigenvalue weighted by Gasteiger charge is 2.21. The molecule has 16 heavy (non-hydrogen) atoms. The Labute approximate surface area is 102 Å². The summed E-state index contributed by atoms with van der Waals surface area (Å²) in [7, 11) is 0. The van der Waals surface area contributed by atoms with E-state index in [-0.39, 0.29) is 17.7 Å². The molecule has 0 bridgehead atoms. The Bertz CT molecular complexity index is 386. The van der Waals surface area contributed by atoms with E-state index >= 15 is 0 Å². The third kappa shape index (κ3) is 3.04. The van der Waals surface area contributed by atoms with Crippen LogP contribution < -0.4 is 4.74 Å². The number of carbonyl (C=O) groups is 1. The molecule has 1 unspecified atom stereocenters. The average Bonchev–Trinajstić information content (AvgIpc) is 2.15. The van der Waals surface area contributed by atoms with Crippen molar-refractivity contribution in [3.05, 3.63) is 28.5 Å². The zero-order valence-electron chi connectivity index (χ0n) is 8.71. The van der Waals surface area contributed by atoms with Crippen molar-refractivity contribution in [1.29, 1.82) is 0 Å². The predicted octanol–water partition coefficient (Wildman–Crippen LogP) is 3.48. The van der Waals surface area contributed by atoms with E-state index in [2.05, 4.69) is 15.9 Å². The van der Waals surface area contributed by atoms with Crippen molar-refractivity contribution < 1.29 is 13.9 Å². The molecule has 4 heteroatoms. The van der Waals surface area contributed by atoms with Gasteiger partial charge in [0.25, 0.3) is 0 Å². The molecule has 1 fully saturated rings. The highest BCUT2D eigenvalue weighted by molar-refractivity contribution is 9.10. The van der Waals surface area contributed by atoms with E-state index in [4.69, 9.17) is 4.74 Å². The maximum Gasteiger partial charge on any atom is 0.136 e. The first-order valence-electron chi connectivity index (χ1n) is 5.28. The van der Waals surface area contributed by atoms with Gasteiger partial charge in [0, 0.05) is 23.4 Å². The molecular weight excluding hydrogens is 275 g/mol. The fourth-order valence-electron chi connectivity index (χ4n) is 1.87. The second kappa shape index (κ2) is 4.95. The third-order valence-electron chi connectivity index (χ3n) is 2.58. The standard InChI is InChI=1S/C12H12BrFO2/c13-8-4-9(14)6-12(5-8)16-11-3-1-2-10(15)7-11/h4-6,11H,1-3,7H2. The molecule has 2 rings (SSSR count).